The van der Waals surface area contributed by atoms with Crippen LogP contribution in [0.4, 0.5) is 0 Å². The van der Waals surface area contributed by atoms with E-state index < -0.39 is 11.8 Å². The predicted molar refractivity (Wildman–Crippen MR) is 117 cm³/mol. The van der Waals surface area contributed by atoms with Crippen molar-refractivity contribution in [1.29, 1.82) is 0 Å². The fourth-order valence-corrected chi connectivity index (χ4v) is 3.15. The molecular formula is C22H24N4O5. The van der Waals surface area contributed by atoms with E-state index in [4.69, 9.17) is 14.2 Å². The van der Waals surface area contributed by atoms with E-state index in [1.165, 1.54) is 33.5 Å². The summed E-state index contributed by atoms with van der Waals surface area (Å²) in [5.74, 6) is 0.131. The van der Waals surface area contributed by atoms with Crippen LogP contribution in [0.15, 0.2) is 41.5 Å². The van der Waals surface area contributed by atoms with E-state index in [9.17, 15) is 9.59 Å². The minimum Gasteiger partial charge on any atom is -0.493 e. The molecule has 0 fully saturated rings. The average molecular weight is 424 g/mol. The second-order valence-electron chi connectivity index (χ2n) is 6.60. The summed E-state index contributed by atoms with van der Waals surface area (Å²) >= 11 is 0. The third kappa shape index (κ3) is 4.77. The molecule has 3 aromatic rings. The molecule has 2 amide bonds. The molecule has 3 rings (SSSR count). The first-order valence-corrected chi connectivity index (χ1v) is 9.46. The van der Waals surface area contributed by atoms with Gasteiger partial charge in [0.25, 0.3) is 11.8 Å². The van der Waals surface area contributed by atoms with Crippen LogP contribution < -0.4 is 25.0 Å². The number of ether oxygens (including phenoxy) is 3. The molecule has 0 bridgehead atoms. The Morgan fingerprint density at radius 3 is 2.39 bits per heavy atom. The van der Waals surface area contributed by atoms with Gasteiger partial charge < -0.3 is 24.5 Å². The number of amides is 2. The third-order valence-corrected chi connectivity index (χ3v) is 4.66. The monoisotopic (exact) mass is 424 g/mol. The predicted octanol–water partition coefficient (Wildman–Crippen LogP) is 2.38. The van der Waals surface area contributed by atoms with Crippen LogP contribution in [0, 0.1) is 6.92 Å². The molecule has 3 N–H and O–H groups in total. The minimum atomic E-state index is -0.467. The summed E-state index contributed by atoms with van der Waals surface area (Å²) in [4.78, 5) is 27.8. The maximum atomic E-state index is 12.5. The number of carbonyl (C=O) groups is 2. The highest BCUT2D eigenvalue weighted by Gasteiger charge is 2.17. The number of benzene rings is 2. The van der Waals surface area contributed by atoms with Gasteiger partial charge in [0.2, 0.25) is 5.75 Å². The molecule has 0 radical (unpaired) electrons. The molecule has 0 spiro atoms. The fourth-order valence-electron chi connectivity index (χ4n) is 3.15. The second-order valence-corrected chi connectivity index (χ2v) is 6.60. The Hall–Kier alpha value is -4.01. The molecule has 162 valence electrons. The summed E-state index contributed by atoms with van der Waals surface area (Å²) in [5.41, 5.74) is 5.50. The van der Waals surface area contributed by atoms with Gasteiger partial charge >= 0.3 is 0 Å². The number of hydrogen-bond acceptors (Lipinski definition) is 6. The van der Waals surface area contributed by atoms with E-state index >= 15 is 0 Å². The van der Waals surface area contributed by atoms with Crippen LogP contribution in [0.25, 0.3) is 10.9 Å². The van der Waals surface area contributed by atoms with Gasteiger partial charge in [-0.3, -0.25) is 9.59 Å². The number of aromatic nitrogens is 1. The maximum absolute atomic E-state index is 12.5. The Morgan fingerprint density at radius 1 is 1.06 bits per heavy atom. The van der Waals surface area contributed by atoms with Gasteiger partial charge in [-0.05, 0) is 25.1 Å². The van der Waals surface area contributed by atoms with Gasteiger partial charge in [-0.15, -0.1) is 0 Å². The molecular weight excluding hydrogens is 400 g/mol. The van der Waals surface area contributed by atoms with Gasteiger partial charge in [-0.1, -0.05) is 18.2 Å². The molecule has 1 aromatic heterocycles. The Balaban J connectivity index is 1.61. The number of carbonyl (C=O) groups excluding carboxylic acids is 2. The van der Waals surface area contributed by atoms with E-state index in [-0.39, 0.29) is 12.1 Å². The first kappa shape index (κ1) is 21.7. The lowest BCUT2D eigenvalue weighted by Gasteiger charge is -2.14. The lowest BCUT2D eigenvalue weighted by molar-refractivity contribution is -0.120. The van der Waals surface area contributed by atoms with E-state index in [2.05, 4.69) is 20.8 Å². The van der Waals surface area contributed by atoms with Crippen LogP contribution in [0.2, 0.25) is 0 Å². The van der Waals surface area contributed by atoms with Crippen molar-refractivity contribution in [2.45, 2.75) is 6.92 Å². The van der Waals surface area contributed by atoms with Crippen LogP contribution >= 0.6 is 0 Å². The first-order valence-electron chi connectivity index (χ1n) is 9.46. The Morgan fingerprint density at radius 2 is 1.74 bits per heavy atom. The maximum Gasteiger partial charge on any atom is 0.259 e. The molecule has 0 atom stereocenters. The number of fused-ring (bicyclic) bond motifs is 1. The molecule has 0 aliphatic heterocycles. The standard InChI is InChI=1S/C22H24N4O5/c1-13-16(15-7-5-6-8-17(15)25-13)11-24-26-20(27)12-23-22(28)14-9-18(29-2)21(31-4)19(10-14)30-3/h5-11,25H,12H2,1-4H3,(H,23,28)(H,26,27)/b24-11+. The number of aromatic amines is 1. The number of rotatable bonds is 8. The topological polar surface area (TPSA) is 114 Å². The van der Waals surface area contributed by atoms with E-state index in [0.29, 0.717) is 17.2 Å². The lowest BCUT2D eigenvalue weighted by atomic mass is 10.1. The second kappa shape index (κ2) is 9.66. The summed E-state index contributed by atoms with van der Waals surface area (Å²) in [5, 5.41) is 7.55. The van der Waals surface area contributed by atoms with Crippen LogP contribution in [-0.4, -0.2) is 50.9 Å². The summed E-state index contributed by atoms with van der Waals surface area (Å²) in [6, 6.07) is 10.8. The van der Waals surface area contributed by atoms with Crippen molar-refractivity contribution in [2.24, 2.45) is 5.10 Å². The highest BCUT2D eigenvalue weighted by molar-refractivity contribution is 6.01. The Kier molecular flexibility index (Phi) is 6.76. The highest BCUT2D eigenvalue weighted by atomic mass is 16.5. The Bertz CT molecular complexity index is 1110. The number of hydrazone groups is 1. The van der Waals surface area contributed by atoms with Gasteiger partial charge in [0.15, 0.2) is 11.5 Å². The molecule has 9 nitrogen and oxygen atoms in total. The number of H-pyrrole nitrogens is 1. The number of para-hydroxylation sites is 1. The highest BCUT2D eigenvalue weighted by Crippen LogP contribution is 2.38. The molecule has 0 saturated heterocycles. The van der Waals surface area contributed by atoms with Gasteiger partial charge in [0.1, 0.15) is 0 Å². The van der Waals surface area contributed by atoms with Crippen molar-refractivity contribution in [2.75, 3.05) is 27.9 Å². The van der Waals surface area contributed by atoms with Crippen LogP contribution in [0.5, 0.6) is 17.2 Å². The molecule has 0 saturated carbocycles. The van der Waals surface area contributed by atoms with Crippen molar-refractivity contribution in [3.05, 3.63) is 53.2 Å². The summed E-state index contributed by atoms with van der Waals surface area (Å²) in [7, 11) is 4.39. The quantitative estimate of drug-likeness (QED) is 0.380. The van der Waals surface area contributed by atoms with Gasteiger partial charge in [-0.25, -0.2) is 5.43 Å². The van der Waals surface area contributed by atoms with Crippen molar-refractivity contribution < 1.29 is 23.8 Å². The third-order valence-electron chi connectivity index (χ3n) is 4.66. The number of methoxy groups -OCH3 is 3. The van der Waals surface area contributed by atoms with Crippen molar-refractivity contribution >= 4 is 28.9 Å². The van der Waals surface area contributed by atoms with Crippen molar-refractivity contribution in [3.63, 3.8) is 0 Å². The molecule has 9 heteroatoms. The number of aryl methyl sites for hydroxylation is 1. The van der Waals surface area contributed by atoms with Gasteiger partial charge in [0, 0.05) is 27.7 Å². The van der Waals surface area contributed by atoms with Crippen LogP contribution in [0.3, 0.4) is 0 Å². The average Bonchev–Trinajstić information content (AvgIpc) is 3.11. The van der Waals surface area contributed by atoms with Crippen molar-refractivity contribution in [1.82, 2.24) is 15.7 Å². The van der Waals surface area contributed by atoms with Crippen LogP contribution in [0.1, 0.15) is 21.6 Å². The first-order chi connectivity index (χ1) is 15.0. The zero-order chi connectivity index (χ0) is 22.4. The van der Waals surface area contributed by atoms with Gasteiger partial charge in [0.05, 0.1) is 34.1 Å². The molecule has 0 aliphatic rings. The van der Waals surface area contributed by atoms with Crippen LogP contribution in [-0.2, 0) is 4.79 Å². The zero-order valence-corrected chi connectivity index (χ0v) is 17.7. The van der Waals surface area contributed by atoms with E-state index in [1.807, 2.05) is 31.2 Å². The van der Waals surface area contributed by atoms with E-state index in [1.54, 1.807) is 6.21 Å². The lowest BCUT2D eigenvalue weighted by Crippen LogP contribution is -2.35. The molecule has 31 heavy (non-hydrogen) atoms. The normalized spacial score (nSPS) is 10.8. The zero-order valence-electron chi connectivity index (χ0n) is 17.7. The number of nitrogens with one attached hydrogen (secondary N) is 3. The van der Waals surface area contributed by atoms with E-state index in [0.717, 1.165) is 22.2 Å². The smallest absolute Gasteiger partial charge is 0.259 e. The fraction of sp³-hybridized carbons (Fsp3) is 0.227. The molecule has 1 heterocycles. The molecule has 2 aromatic carbocycles. The minimum absolute atomic E-state index is 0.250. The number of nitrogens with zero attached hydrogens (tertiary/aromatic N) is 1. The summed E-state index contributed by atoms with van der Waals surface area (Å²) < 4.78 is 15.7. The molecule has 0 aliphatic carbocycles. The van der Waals surface area contributed by atoms with Crippen molar-refractivity contribution in [3.8, 4) is 17.2 Å². The summed E-state index contributed by atoms with van der Waals surface area (Å²) in [6.45, 7) is 1.68. The SMILES string of the molecule is COc1cc(C(=O)NCC(=O)N/N=C/c2c(C)[nH]c3ccccc23)cc(OC)c1OC. The largest absolute Gasteiger partial charge is 0.493 e. The van der Waals surface area contributed by atoms with Gasteiger partial charge in [-0.2, -0.15) is 5.10 Å². The Labute approximate surface area is 179 Å². The molecule has 0 unspecified atom stereocenters. The number of hydrogen-bond donors (Lipinski definition) is 3. The summed E-state index contributed by atoms with van der Waals surface area (Å²) in [6.07, 6.45) is 1.58.